The van der Waals surface area contributed by atoms with Crippen molar-refractivity contribution in [2.24, 2.45) is 11.0 Å². The lowest BCUT2D eigenvalue weighted by molar-refractivity contribution is 0.178. The molecule has 3 unspecified atom stereocenters. The number of nitrogens with one attached hydrogen (secondary N) is 1. The van der Waals surface area contributed by atoms with Crippen LogP contribution in [0.2, 0.25) is 0 Å². The van der Waals surface area contributed by atoms with Crippen molar-refractivity contribution in [1.82, 2.24) is 5.43 Å². The van der Waals surface area contributed by atoms with Crippen molar-refractivity contribution < 1.29 is 4.39 Å². The molecular formula is C8H13FN2. The molecule has 0 saturated heterocycles. The van der Waals surface area contributed by atoms with Crippen LogP contribution in [0.3, 0.4) is 0 Å². The zero-order valence-electron chi connectivity index (χ0n) is 6.68. The Balaban J connectivity index is 2.12. The van der Waals surface area contributed by atoms with Gasteiger partial charge in [0.2, 0.25) is 0 Å². The summed E-state index contributed by atoms with van der Waals surface area (Å²) < 4.78 is 13.2. The first-order valence-electron chi connectivity index (χ1n) is 4.23. The van der Waals surface area contributed by atoms with E-state index in [2.05, 4.69) is 10.5 Å². The third kappa shape index (κ3) is 1.03. The molecule has 2 rings (SSSR count). The van der Waals surface area contributed by atoms with Gasteiger partial charge in [-0.15, -0.1) is 0 Å². The highest BCUT2D eigenvalue weighted by atomic mass is 19.1. The summed E-state index contributed by atoms with van der Waals surface area (Å²) in [6.45, 7) is 1.98. The van der Waals surface area contributed by atoms with E-state index in [4.69, 9.17) is 0 Å². The maximum absolute atomic E-state index is 13.2. The largest absolute Gasteiger partial charge is 0.303 e. The van der Waals surface area contributed by atoms with Gasteiger partial charge in [-0.2, -0.15) is 5.10 Å². The molecule has 62 valence electrons. The molecule has 11 heavy (non-hydrogen) atoms. The van der Waals surface area contributed by atoms with E-state index in [-0.39, 0.29) is 6.04 Å². The van der Waals surface area contributed by atoms with Gasteiger partial charge < -0.3 is 5.43 Å². The van der Waals surface area contributed by atoms with Crippen molar-refractivity contribution in [2.45, 2.75) is 38.4 Å². The average Bonchev–Trinajstić information content (AvgIpc) is 2.35. The Morgan fingerprint density at radius 1 is 1.55 bits per heavy atom. The quantitative estimate of drug-likeness (QED) is 0.564. The summed E-state index contributed by atoms with van der Waals surface area (Å²) in [4.78, 5) is 0. The fourth-order valence-corrected chi connectivity index (χ4v) is 2.04. The van der Waals surface area contributed by atoms with E-state index >= 15 is 0 Å². The molecule has 1 aliphatic heterocycles. The van der Waals surface area contributed by atoms with E-state index in [1.165, 1.54) is 0 Å². The molecule has 1 saturated carbocycles. The second kappa shape index (κ2) is 2.47. The van der Waals surface area contributed by atoms with E-state index < -0.39 is 6.17 Å². The Labute approximate surface area is 65.9 Å². The summed E-state index contributed by atoms with van der Waals surface area (Å²) in [6.07, 6.45) is 2.14. The van der Waals surface area contributed by atoms with Crippen LogP contribution in [-0.4, -0.2) is 17.9 Å². The van der Waals surface area contributed by atoms with Crippen molar-refractivity contribution in [1.29, 1.82) is 0 Å². The smallest absolute Gasteiger partial charge is 0.122 e. The predicted octanol–water partition coefficient (Wildman–Crippen LogP) is 1.47. The summed E-state index contributed by atoms with van der Waals surface area (Å²) in [7, 11) is 0. The summed E-state index contributed by atoms with van der Waals surface area (Å²) in [5, 5.41) is 4.06. The lowest BCUT2D eigenvalue weighted by atomic mass is 9.82. The molecule has 0 bridgehead atoms. The number of alkyl halides is 1. The molecule has 0 aromatic rings. The molecule has 0 spiro atoms. The fraction of sp³-hybridized carbons (Fsp3) is 0.875. The molecule has 2 nitrogen and oxygen atoms in total. The summed E-state index contributed by atoms with van der Waals surface area (Å²) in [6, 6.07) is -0.0104. The van der Waals surface area contributed by atoms with Crippen molar-refractivity contribution in [3.63, 3.8) is 0 Å². The van der Waals surface area contributed by atoms with Gasteiger partial charge in [-0.25, -0.2) is 4.39 Å². The highest BCUT2D eigenvalue weighted by Crippen LogP contribution is 2.30. The van der Waals surface area contributed by atoms with Crippen LogP contribution in [0, 0.1) is 5.92 Å². The molecule has 1 fully saturated rings. The fourth-order valence-electron chi connectivity index (χ4n) is 2.04. The Morgan fingerprint density at radius 3 is 3.09 bits per heavy atom. The third-order valence-corrected chi connectivity index (χ3v) is 2.74. The maximum Gasteiger partial charge on any atom is 0.122 e. The van der Waals surface area contributed by atoms with Gasteiger partial charge in [-0.05, 0) is 26.2 Å². The van der Waals surface area contributed by atoms with Crippen molar-refractivity contribution in [3.05, 3.63) is 0 Å². The number of hydrogen-bond acceptors (Lipinski definition) is 2. The molecular weight excluding hydrogens is 143 g/mol. The van der Waals surface area contributed by atoms with Crippen LogP contribution in [0.15, 0.2) is 5.10 Å². The SMILES string of the molecule is CC1=NNC2C(F)CCCC12. The first kappa shape index (κ1) is 7.07. The highest BCUT2D eigenvalue weighted by Gasteiger charge is 2.38. The zero-order chi connectivity index (χ0) is 7.84. The molecule has 0 amide bonds. The monoisotopic (exact) mass is 156 g/mol. The second-order valence-electron chi connectivity index (χ2n) is 3.46. The van der Waals surface area contributed by atoms with Gasteiger partial charge in [0.1, 0.15) is 6.17 Å². The van der Waals surface area contributed by atoms with Gasteiger partial charge in [0.05, 0.1) is 6.04 Å². The van der Waals surface area contributed by atoms with E-state index in [0.29, 0.717) is 12.3 Å². The molecule has 1 heterocycles. The zero-order valence-corrected chi connectivity index (χ0v) is 6.68. The van der Waals surface area contributed by atoms with Crippen LogP contribution < -0.4 is 5.43 Å². The molecule has 1 N–H and O–H groups in total. The van der Waals surface area contributed by atoms with Crippen LogP contribution in [-0.2, 0) is 0 Å². The van der Waals surface area contributed by atoms with E-state index in [0.717, 1.165) is 18.6 Å². The first-order valence-corrected chi connectivity index (χ1v) is 4.23. The van der Waals surface area contributed by atoms with Crippen LogP contribution in [0.1, 0.15) is 26.2 Å². The Morgan fingerprint density at radius 2 is 2.36 bits per heavy atom. The molecule has 0 radical (unpaired) electrons. The number of hydrazone groups is 1. The predicted molar refractivity (Wildman–Crippen MR) is 42.3 cm³/mol. The number of hydrogen-bond donors (Lipinski definition) is 1. The van der Waals surface area contributed by atoms with E-state index in [1.54, 1.807) is 0 Å². The standard InChI is InChI=1S/C8H13FN2/c1-5-6-3-2-4-7(9)8(6)11-10-5/h6-8,11H,2-4H2,1H3. The molecule has 1 aliphatic carbocycles. The number of halogens is 1. The highest BCUT2D eigenvalue weighted by molar-refractivity contribution is 5.86. The number of nitrogens with zero attached hydrogens (tertiary/aromatic N) is 1. The van der Waals surface area contributed by atoms with E-state index in [9.17, 15) is 4.39 Å². The minimum atomic E-state index is -0.685. The van der Waals surface area contributed by atoms with Crippen molar-refractivity contribution in [3.8, 4) is 0 Å². The Kier molecular flexibility index (Phi) is 1.59. The first-order chi connectivity index (χ1) is 5.29. The van der Waals surface area contributed by atoms with Crippen LogP contribution in [0.5, 0.6) is 0 Å². The molecule has 0 aromatic heterocycles. The third-order valence-electron chi connectivity index (χ3n) is 2.74. The van der Waals surface area contributed by atoms with Gasteiger partial charge in [0.15, 0.2) is 0 Å². The summed E-state index contributed by atoms with van der Waals surface area (Å²) in [5.74, 6) is 0.374. The van der Waals surface area contributed by atoms with Gasteiger partial charge in [0.25, 0.3) is 0 Å². The van der Waals surface area contributed by atoms with Crippen LogP contribution >= 0.6 is 0 Å². The Bertz CT molecular complexity index is 191. The normalized spacial score (nSPS) is 42.7. The number of rotatable bonds is 0. The van der Waals surface area contributed by atoms with Crippen LogP contribution in [0.4, 0.5) is 4.39 Å². The average molecular weight is 156 g/mol. The van der Waals surface area contributed by atoms with E-state index in [1.807, 2.05) is 6.92 Å². The lowest BCUT2D eigenvalue weighted by Crippen LogP contribution is -2.41. The number of fused-ring (bicyclic) bond motifs is 1. The Hall–Kier alpha value is -0.600. The summed E-state index contributed by atoms with van der Waals surface area (Å²) >= 11 is 0. The lowest BCUT2D eigenvalue weighted by Gasteiger charge is -2.28. The molecule has 3 heteroatoms. The molecule has 0 aromatic carbocycles. The van der Waals surface area contributed by atoms with Gasteiger partial charge in [-0.3, -0.25) is 0 Å². The minimum Gasteiger partial charge on any atom is -0.303 e. The van der Waals surface area contributed by atoms with Gasteiger partial charge in [0, 0.05) is 11.6 Å². The summed E-state index contributed by atoms with van der Waals surface area (Å²) in [5.41, 5.74) is 3.95. The molecule has 3 atom stereocenters. The van der Waals surface area contributed by atoms with Gasteiger partial charge in [-0.1, -0.05) is 0 Å². The minimum absolute atomic E-state index is 0.0104. The molecule has 2 aliphatic rings. The topological polar surface area (TPSA) is 24.4 Å². The van der Waals surface area contributed by atoms with Gasteiger partial charge >= 0.3 is 0 Å². The maximum atomic E-state index is 13.2. The second-order valence-corrected chi connectivity index (χ2v) is 3.46. The van der Waals surface area contributed by atoms with Crippen molar-refractivity contribution in [2.75, 3.05) is 0 Å². The van der Waals surface area contributed by atoms with Crippen LogP contribution in [0.25, 0.3) is 0 Å². The van der Waals surface area contributed by atoms with Crippen molar-refractivity contribution >= 4 is 5.71 Å².